The highest BCUT2D eigenvalue weighted by molar-refractivity contribution is 7.92. The number of nitrogens with one attached hydrogen (secondary N) is 1. The van der Waals surface area contributed by atoms with Gasteiger partial charge in [0, 0.05) is 12.1 Å². The SMILES string of the molecule is O=S(=O)(c1cccc(CCOCc2cccc(CCNC[C@H](O)c3ccc(O)c(CO)c3)c2)c1)C1CCCC1. The summed E-state index contributed by atoms with van der Waals surface area (Å²) in [5.74, 6) is 0.0180. The van der Waals surface area contributed by atoms with Gasteiger partial charge in [0.15, 0.2) is 9.84 Å². The lowest BCUT2D eigenvalue weighted by atomic mass is 10.0. The van der Waals surface area contributed by atoms with E-state index in [0.717, 1.165) is 48.8 Å². The molecule has 3 aromatic rings. The Balaban J connectivity index is 1.19. The molecule has 210 valence electrons. The maximum atomic E-state index is 12.9. The molecule has 1 saturated carbocycles. The van der Waals surface area contributed by atoms with Crippen LogP contribution >= 0.6 is 0 Å². The first-order valence-electron chi connectivity index (χ1n) is 13.7. The lowest BCUT2D eigenvalue weighted by Crippen LogP contribution is -2.23. The predicted octanol–water partition coefficient (Wildman–Crippen LogP) is 4.23. The number of hydrogen-bond acceptors (Lipinski definition) is 7. The molecule has 3 aromatic carbocycles. The van der Waals surface area contributed by atoms with Crippen molar-refractivity contribution >= 4 is 9.84 Å². The van der Waals surface area contributed by atoms with Gasteiger partial charge in [-0.15, -0.1) is 0 Å². The van der Waals surface area contributed by atoms with Crippen LogP contribution in [0.1, 0.15) is 59.6 Å². The summed E-state index contributed by atoms with van der Waals surface area (Å²) in [5, 5.41) is 32.4. The fraction of sp³-hybridized carbons (Fsp3) is 0.419. The predicted molar refractivity (Wildman–Crippen MR) is 151 cm³/mol. The third kappa shape index (κ3) is 8.13. The van der Waals surface area contributed by atoms with Crippen molar-refractivity contribution in [3.8, 4) is 5.75 Å². The van der Waals surface area contributed by atoms with E-state index in [1.807, 2.05) is 24.3 Å². The smallest absolute Gasteiger partial charge is 0.181 e. The lowest BCUT2D eigenvalue weighted by molar-refractivity contribution is 0.124. The van der Waals surface area contributed by atoms with Gasteiger partial charge in [0.1, 0.15) is 5.75 Å². The van der Waals surface area contributed by atoms with E-state index in [9.17, 15) is 23.7 Å². The fourth-order valence-electron chi connectivity index (χ4n) is 5.05. The molecule has 4 N–H and O–H groups in total. The Labute approximate surface area is 231 Å². The molecule has 1 aliphatic rings. The first-order chi connectivity index (χ1) is 18.9. The minimum absolute atomic E-state index is 0.0180. The van der Waals surface area contributed by atoms with E-state index >= 15 is 0 Å². The van der Waals surface area contributed by atoms with Gasteiger partial charge in [-0.3, -0.25) is 0 Å². The largest absolute Gasteiger partial charge is 0.508 e. The van der Waals surface area contributed by atoms with Crippen molar-refractivity contribution in [3.05, 3.63) is 94.5 Å². The maximum Gasteiger partial charge on any atom is 0.181 e. The number of aromatic hydroxyl groups is 1. The molecule has 0 spiro atoms. The summed E-state index contributed by atoms with van der Waals surface area (Å²) in [6, 6.07) is 20.2. The Morgan fingerprint density at radius 2 is 1.64 bits per heavy atom. The molecule has 1 aliphatic carbocycles. The maximum absolute atomic E-state index is 12.9. The molecule has 0 saturated heterocycles. The van der Waals surface area contributed by atoms with Crippen LogP contribution in [0.25, 0.3) is 0 Å². The van der Waals surface area contributed by atoms with Crippen molar-refractivity contribution in [2.45, 2.75) is 68.0 Å². The van der Waals surface area contributed by atoms with Gasteiger partial charge >= 0.3 is 0 Å². The molecule has 0 unspecified atom stereocenters. The zero-order valence-electron chi connectivity index (χ0n) is 22.3. The van der Waals surface area contributed by atoms with Gasteiger partial charge in [-0.25, -0.2) is 8.42 Å². The molecule has 0 aliphatic heterocycles. The number of aliphatic hydroxyl groups excluding tert-OH is 2. The van der Waals surface area contributed by atoms with Crippen LogP contribution in [-0.4, -0.2) is 48.7 Å². The van der Waals surface area contributed by atoms with Crippen molar-refractivity contribution in [2.24, 2.45) is 0 Å². The number of phenols is 1. The van der Waals surface area contributed by atoms with Gasteiger partial charge < -0.3 is 25.4 Å². The lowest BCUT2D eigenvalue weighted by Gasteiger charge is -2.14. The van der Waals surface area contributed by atoms with Gasteiger partial charge in [0.25, 0.3) is 0 Å². The second-order valence-electron chi connectivity index (χ2n) is 10.2. The van der Waals surface area contributed by atoms with Gasteiger partial charge in [-0.05, 0) is 78.7 Å². The van der Waals surface area contributed by atoms with E-state index < -0.39 is 15.9 Å². The second kappa shape index (κ2) is 14.1. The second-order valence-corrected chi connectivity index (χ2v) is 12.5. The highest BCUT2D eigenvalue weighted by atomic mass is 32.2. The number of hydrogen-bond donors (Lipinski definition) is 4. The van der Waals surface area contributed by atoms with E-state index in [1.54, 1.807) is 24.3 Å². The van der Waals surface area contributed by atoms with Gasteiger partial charge in [0.05, 0.1) is 36.1 Å². The van der Waals surface area contributed by atoms with Crippen LogP contribution in [0.5, 0.6) is 5.75 Å². The number of ether oxygens (including phenoxy) is 1. The Bertz CT molecular complexity index is 1320. The zero-order valence-corrected chi connectivity index (χ0v) is 23.1. The first kappa shape index (κ1) is 29.2. The van der Waals surface area contributed by atoms with E-state index in [1.165, 1.54) is 6.07 Å². The van der Waals surface area contributed by atoms with Crippen molar-refractivity contribution in [1.82, 2.24) is 5.32 Å². The highest BCUT2D eigenvalue weighted by Crippen LogP contribution is 2.30. The average molecular weight is 554 g/mol. The molecular formula is C31H39NO6S. The molecule has 0 bridgehead atoms. The van der Waals surface area contributed by atoms with Crippen LogP contribution in [0, 0.1) is 0 Å². The highest BCUT2D eigenvalue weighted by Gasteiger charge is 2.30. The summed E-state index contributed by atoms with van der Waals surface area (Å²) in [6.45, 7) is 1.76. The van der Waals surface area contributed by atoms with Crippen LogP contribution in [0.4, 0.5) is 0 Å². The summed E-state index contributed by atoms with van der Waals surface area (Å²) in [5.41, 5.74) is 4.24. The van der Waals surface area contributed by atoms with Crippen LogP contribution in [0.3, 0.4) is 0 Å². The van der Waals surface area contributed by atoms with E-state index in [2.05, 4.69) is 17.4 Å². The monoisotopic (exact) mass is 553 g/mol. The summed E-state index contributed by atoms with van der Waals surface area (Å²) in [6.07, 6.45) is 4.22. The van der Waals surface area contributed by atoms with Crippen molar-refractivity contribution in [3.63, 3.8) is 0 Å². The molecule has 0 aromatic heterocycles. The van der Waals surface area contributed by atoms with Crippen LogP contribution < -0.4 is 5.32 Å². The number of aliphatic hydroxyl groups is 2. The average Bonchev–Trinajstić information content (AvgIpc) is 3.50. The van der Waals surface area contributed by atoms with Crippen molar-refractivity contribution in [2.75, 3.05) is 19.7 Å². The molecule has 39 heavy (non-hydrogen) atoms. The van der Waals surface area contributed by atoms with Crippen LogP contribution in [0.2, 0.25) is 0 Å². The van der Waals surface area contributed by atoms with Gasteiger partial charge in [0.2, 0.25) is 0 Å². The fourth-order valence-corrected chi connectivity index (χ4v) is 6.98. The van der Waals surface area contributed by atoms with Gasteiger partial charge in [-0.2, -0.15) is 0 Å². The van der Waals surface area contributed by atoms with Gasteiger partial charge in [-0.1, -0.05) is 55.3 Å². The Morgan fingerprint density at radius 3 is 2.41 bits per heavy atom. The molecule has 7 nitrogen and oxygen atoms in total. The topological polar surface area (TPSA) is 116 Å². The quantitative estimate of drug-likeness (QED) is 0.221. The third-order valence-electron chi connectivity index (χ3n) is 7.35. The molecule has 0 heterocycles. The standard InChI is InChI=1S/C31H39NO6S/c33-21-27-19-26(11-12-30(27)34)31(35)20-32-15-13-23-5-3-7-25(17-23)22-38-16-14-24-6-4-10-29(18-24)39(36,37)28-8-1-2-9-28/h3-7,10-12,17-19,28,31-35H,1-2,8-9,13-16,20-22H2/t31-/m0/s1. The molecular weight excluding hydrogens is 514 g/mol. The Morgan fingerprint density at radius 1 is 0.923 bits per heavy atom. The van der Waals surface area contributed by atoms with Crippen LogP contribution in [-0.2, 0) is 40.6 Å². The number of benzene rings is 3. The normalized spacial score (nSPS) is 15.0. The molecule has 8 heteroatoms. The van der Waals surface area contributed by atoms with Crippen LogP contribution in [0.15, 0.2) is 71.6 Å². The summed E-state index contributed by atoms with van der Waals surface area (Å²) < 4.78 is 31.7. The number of sulfone groups is 1. The first-order valence-corrected chi connectivity index (χ1v) is 15.2. The Kier molecular flexibility index (Phi) is 10.5. The molecule has 4 rings (SSSR count). The Hall–Kier alpha value is -2.75. The third-order valence-corrected chi connectivity index (χ3v) is 9.61. The van der Waals surface area contributed by atoms with Crippen molar-refractivity contribution < 1.29 is 28.5 Å². The van der Waals surface area contributed by atoms with E-state index in [0.29, 0.717) is 48.7 Å². The van der Waals surface area contributed by atoms with Crippen molar-refractivity contribution in [1.29, 1.82) is 0 Å². The van der Waals surface area contributed by atoms with E-state index in [-0.39, 0.29) is 17.6 Å². The molecule has 1 fully saturated rings. The summed E-state index contributed by atoms with van der Waals surface area (Å²) in [4.78, 5) is 0.429. The zero-order chi connectivity index (χ0) is 27.7. The van der Waals surface area contributed by atoms with E-state index in [4.69, 9.17) is 4.74 Å². The molecule has 0 radical (unpaired) electrons. The number of rotatable bonds is 14. The minimum atomic E-state index is -3.25. The minimum Gasteiger partial charge on any atom is -0.508 e. The summed E-state index contributed by atoms with van der Waals surface area (Å²) in [7, 11) is -3.25. The molecule has 0 amide bonds. The summed E-state index contributed by atoms with van der Waals surface area (Å²) >= 11 is 0. The molecule has 1 atom stereocenters.